The highest BCUT2D eigenvalue weighted by atomic mass is 79.9. The van der Waals surface area contributed by atoms with Crippen molar-refractivity contribution in [3.8, 4) is 22.9 Å². The lowest BCUT2D eigenvalue weighted by molar-refractivity contribution is 0.473. The van der Waals surface area contributed by atoms with Gasteiger partial charge in [0.05, 0.1) is 16.1 Å². The summed E-state index contributed by atoms with van der Waals surface area (Å²) in [5.74, 6) is -0.179. The van der Waals surface area contributed by atoms with Gasteiger partial charge in [-0.05, 0) is 62.4 Å². The zero-order valence-corrected chi connectivity index (χ0v) is 18.7. The van der Waals surface area contributed by atoms with Crippen LogP contribution < -0.4 is 0 Å². The SMILES string of the molecule is CC(C)(c1ccc(-c2ccc3nc(Br)ncc3c2)cc1)c1cc(Cl)c(O)c(C#N)c1. The molecule has 1 N–H and O–H groups in total. The molecule has 6 heteroatoms. The number of aromatic nitrogens is 2. The minimum absolute atomic E-state index is 0.173. The average Bonchev–Trinajstić information content (AvgIpc) is 2.75. The van der Waals surface area contributed by atoms with Gasteiger partial charge in [0.15, 0.2) is 10.5 Å². The number of hydrogen-bond donors (Lipinski definition) is 1. The Kier molecular flexibility index (Phi) is 5.23. The number of aromatic hydroxyl groups is 1. The van der Waals surface area contributed by atoms with Gasteiger partial charge in [-0.3, -0.25) is 0 Å². The molecule has 4 nitrogen and oxygen atoms in total. The first-order chi connectivity index (χ1) is 14.3. The summed E-state index contributed by atoms with van der Waals surface area (Å²) >= 11 is 9.44. The minimum atomic E-state index is -0.398. The van der Waals surface area contributed by atoms with E-state index in [9.17, 15) is 10.4 Å². The lowest BCUT2D eigenvalue weighted by Crippen LogP contribution is -2.19. The van der Waals surface area contributed by atoms with Crippen LogP contribution in [0.15, 0.2) is 65.5 Å². The maximum atomic E-state index is 9.95. The van der Waals surface area contributed by atoms with E-state index >= 15 is 0 Å². The van der Waals surface area contributed by atoms with E-state index in [1.807, 2.05) is 18.2 Å². The van der Waals surface area contributed by atoms with Crippen LogP contribution in [0.25, 0.3) is 22.0 Å². The fraction of sp³-hybridized carbons (Fsp3) is 0.125. The van der Waals surface area contributed by atoms with Crippen LogP contribution in [0.5, 0.6) is 5.75 Å². The third-order valence-electron chi connectivity index (χ3n) is 5.40. The van der Waals surface area contributed by atoms with E-state index in [0.29, 0.717) is 4.73 Å². The molecule has 4 aromatic rings. The second-order valence-corrected chi connectivity index (χ2v) is 8.70. The highest BCUT2D eigenvalue weighted by molar-refractivity contribution is 9.10. The van der Waals surface area contributed by atoms with Crippen molar-refractivity contribution < 1.29 is 5.11 Å². The number of benzene rings is 3. The second-order valence-electron chi connectivity index (χ2n) is 7.58. The maximum Gasteiger partial charge on any atom is 0.197 e. The summed E-state index contributed by atoms with van der Waals surface area (Å²) in [6.07, 6.45) is 1.80. The van der Waals surface area contributed by atoms with Crippen LogP contribution >= 0.6 is 27.5 Å². The number of halogens is 2. The van der Waals surface area contributed by atoms with Crippen molar-refractivity contribution in [1.82, 2.24) is 9.97 Å². The van der Waals surface area contributed by atoms with E-state index in [1.54, 1.807) is 18.3 Å². The Hall–Kier alpha value is -2.94. The zero-order chi connectivity index (χ0) is 21.5. The van der Waals surface area contributed by atoms with Gasteiger partial charge in [-0.2, -0.15) is 5.26 Å². The van der Waals surface area contributed by atoms with Gasteiger partial charge in [0.1, 0.15) is 6.07 Å². The van der Waals surface area contributed by atoms with E-state index in [2.05, 4.69) is 70.1 Å². The number of nitrogens with zero attached hydrogens (tertiary/aromatic N) is 3. The monoisotopic (exact) mass is 477 g/mol. The highest BCUT2D eigenvalue weighted by Crippen LogP contribution is 2.38. The minimum Gasteiger partial charge on any atom is -0.505 e. The first-order valence-electron chi connectivity index (χ1n) is 9.26. The highest BCUT2D eigenvalue weighted by Gasteiger charge is 2.25. The van der Waals surface area contributed by atoms with Crippen LogP contribution in [0.4, 0.5) is 0 Å². The molecule has 0 aliphatic rings. The van der Waals surface area contributed by atoms with Gasteiger partial charge in [-0.15, -0.1) is 0 Å². The molecule has 0 saturated heterocycles. The van der Waals surface area contributed by atoms with Gasteiger partial charge in [0, 0.05) is 17.0 Å². The fourth-order valence-electron chi connectivity index (χ4n) is 3.48. The van der Waals surface area contributed by atoms with Gasteiger partial charge in [0.2, 0.25) is 0 Å². The quantitative estimate of drug-likeness (QED) is 0.336. The molecule has 0 unspecified atom stereocenters. The predicted octanol–water partition coefficient (Wildman–Crippen LogP) is 6.62. The van der Waals surface area contributed by atoms with Crippen molar-refractivity contribution in [2.45, 2.75) is 19.3 Å². The van der Waals surface area contributed by atoms with Gasteiger partial charge < -0.3 is 5.11 Å². The van der Waals surface area contributed by atoms with Gasteiger partial charge in [-0.1, -0.05) is 55.8 Å². The maximum absolute atomic E-state index is 9.95. The topological polar surface area (TPSA) is 69.8 Å². The normalized spacial score (nSPS) is 11.4. The Bertz CT molecular complexity index is 1310. The number of hydrogen-bond acceptors (Lipinski definition) is 4. The number of nitriles is 1. The van der Waals surface area contributed by atoms with E-state index < -0.39 is 5.41 Å². The molecule has 0 radical (unpaired) electrons. The molecule has 4 rings (SSSR count). The molecule has 1 heterocycles. The Morgan fingerprint density at radius 3 is 2.40 bits per heavy atom. The Morgan fingerprint density at radius 1 is 1.00 bits per heavy atom. The van der Waals surface area contributed by atoms with Crippen LogP contribution in [0.3, 0.4) is 0 Å². The van der Waals surface area contributed by atoms with Crippen LogP contribution in [0.1, 0.15) is 30.5 Å². The van der Waals surface area contributed by atoms with Gasteiger partial charge in [0.25, 0.3) is 0 Å². The molecule has 0 aliphatic carbocycles. The van der Waals surface area contributed by atoms with Crippen molar-refractivity contribution in [1.29, 1.82) is 5.26 Å². The molecule has 0 spiro atoms. The first kappa shape index (κ1) is 20.3. The molecular weight excluding hydrogens is 462 g/mol. The molecule has 0 aliphatic heterocycles. The van der Waals surface area contributed by atoms with Crippen LogP contribution in [0.2, 0.25) is 5.02 Å². The second kappa shape index (κ2) is 7.71. The van der Waals surface area contributed by atoms with Crippen molar-refractivity contribution in [3.05, 3.63) is 87.2 Å². The molecule has 3 aromatic carbocycles. The summed E-state index contributed by atoms with van der Waals surface area (Å²) in [6.45, 7) is 4.13. The number of fused-ring (bicyclic) bond motifs is 1. The lowest BCUT2D eigenvalue weighted by atomic mass is 9.77. The van der Waals surface area contributed by atoms with Crippen molar-refractivity contribution in [2.24, 2.45) is 0 Å². The van der Waals surface area contributed by atoms with E-state index in [4.69, 9.17) is 11.6 Å². The summed E-state index contributed by atoms with van der Waals surface area (Å²) in [4.78, 5) is 8.58. The first-order valence-corrected chi connectivity index (χ1v) is 10.4. The van der Waals surface area contributed by atoms with Crippen LogP contribution in [0, 0.1) is 11.3 Å². The molecule has 0 saturated carbocycles. The predicted molar refractivity (Wildman–Crippen MR) is 123 cm³/mol. The fourth-order valence-corrected chi connectivity index (χ4v) is 3.99. The number of phenols is 1. The Balaban J connectivity index is 1.70. The average molecular weight is 479 g/mol. The third-order valence-corrected chi connectivity index (χ3v) is 6.07. The molecule has 0 atom stereocenters. The summed E-state index contributed by atoms with van der Waals surface area (Å²) in [6, 6.07) is 19.8. The molecule has 0 bridgehead atoms. The van der Waals surface area contributed by atoms with Crippen molar-refractivity contribution in [2.75, 3.05) is 0 Å². The van der Waals surface area contributed by atoms with Crippen LogP contribution in [-0.2, 0) is 5.41 Å². The summed E-state index contributed by atoms with van der Waals surface area (Å²) < 4.78 is 0.572. The molecular formula is C24H17BrClN3O. The summed E-state index contributed by atoms with van der Waals surface area (Å²) in [5, 5.41) is 20.4. The van der Waals surface area contributed by atoms with Gasteiger partial charge >= 0.3 is 0 Å². The number of rotatable bonds is 3. The summed E-state index contributed by atoms with van der Waals surface area (Å²) in [5.41, 5.74) is 4.76. The van der Waals surface area contributed by atoms with Gasteiger partial charge in [-0.25, -0.2) is 9.97 Å². The van der Waals surface area contributed by atoms with E-state index in [-0.39, 0.29) is 16.3 Å². The summed E-state index contributed by atoms with van der Waals surface area (Å²) in [7, 11) is 0. The lowest BCUT2D eigenvalue weighted by Gasteiger charge is -2.27. The molecule has 148 valence electrons. The van der Waals surface area contributed by atoms with E-state index in [0.717, 1.165) is 33.2 Å². The molecule has 0 fully saturated rings. The Labute approximate surface area is 187 Å². The van der Waals surface area contributed by atoms with Crippen molar-refractivity contribution in [3.63, 3.8) is 0 Å². The molecule has 1 aromatic heterocycles. The standard InChI is InChI=1S/C24H17BrClN3O/c1-24(2,19-10-16(12-27)22(30)20(26)11-19)18-6-3-14(4-7-18)15-5-8-21-17(9-15)13-28-23(25)29-21/h3-11,13,30H,1-2H3. The largest absolute Gasteiger partial charge is 0.505 e. The molecule has 0 amide bonds. The van der Waals surface area contributed by atoms with Crippen molar-refractivity contribution >= 4 is 38.4 Å². The smallest absolute Gasteiger partial charge is 0.197 e. The number of phenolic OH excluding ortho intramolecular Hbond substituents is 1. The Morgan fingerprint density at radius 2 is 1.70 bits per heavy atom. The third kappa shape index (κ3) is 3.65. The van der Waals surface area contributed by atoms with Crippen LogP contribution in [-0.4, -0.2) is 15.1 Å². The molecule has 30 heavy (non-hydrogen) atoms. The zero-order valence-electron chi connectivity index (χ0n) is 16.3. The van der Waals surface area contributed by atoms with E-state index in [1.165, 1.54) is 0 Å².